The van der Waals surface area contributed by atoms with E-state index in [0.29, 0.717) is 38.8 Å². The standard InChI is InChI=1S/C26H26Cl2FNO4.C2H6/c1-5-8-20(16(6-2)15-31)26(32)30-14-19(33-3)12-17-11-18(29)13-21(25(17)34-4)24-22(27)9-7-10-23(24)28;1-2/h5-11,13,15,19H,2,12,14H2,1,3-4H3,(H,30,32);1-2H3/b8-5-,20-16-;. The lowest BCUT2D eigenvalue weighted by Gasteiger charge is -2.20. The van der Waals surface area contributed by atoms with Gasteiger partial charge in [-0.15, -0.1) is 0 Å². The second-order valence-corrected chi connectivity index (χ2v) is 8.02. The van der Waals surface area contributed by atoms with Crippen molar-refractivity contribution in [2.75, 3.05) is 20.8 Å². The molecular formula is C28H32Cl2FNO4. The van der Waals surface area contributed by atoms with E-state index in [0.717, 1.165) is 0 Å². The average Bonchev–Trinajstić information content (AvgIpc) is 2.87. The van der Waals surface area contributed by atoms with E-state index in [4.69, 9.17) is 32.7 Å². The Hall–Kier alpha value is -2.93. The van der Waals surface area contributed by atoms with Crippen molar-refractivity contribution in [3.63, 3.8) is 0 Å². The zero-order valence-corrected chi connectivity index (χ0v) is 22.7. The Morgan fingerprint density at radius 2 is 1.83 bits per heavy atom. The van der Waals surface area contributed by atoms with Crippen LogP contribution in [0.4, 0.5) is 4.39 Å². The first-order valence-electron chi connectivity index (χ1n) is 11.4. The molecule has 0 bridgehead atoms. The Morgan fingerprint density at radius 3 is 2.33 bits per heavy atom. The van der Waals surface area contributed by atoms with Crippen molar-refractivity contribution in [1.29, 1.82) is 0 Å². The lowest BCUT2D eigenvalue weighted by Crippen LogP contribution is -2.35. The molecule has 2 aromatic rings. The molecule has 0 aliphatic heterocycles. The van der Waals surface area contributed by atoms with Crippen LogP contribution >= 0.6 is 23.2 Å². The van der Waals surface area contributed by atoms with Gasteiger partial charge in [-0.2, -0.15) is 0 Å². The third kappa shape index (κ3) is 8.05. The highest BCUT2D eigenvalue weighted by atomic mass is 35.5. The van der Waals surface area contributed by atoms with Gasteiger partial charge in [0.2, 0.25) is 0 Å². The van der Waals surface area contributed by atoms with Crippen LogP contribution < -0.4 is 10.1 Å². The minimum Gasteiger partial charge on any atom is -0.496 e. The summed E-state index contributed by atoms with van der Waals surface area (Å²) in [6.45, 7) is 9.39. The van der Waals surface area contributed by atoms with Gasteiger partial charge in [-0.05, 0) is 31.2 Å². The quantitative estimate of drug-likeness (QED) is 0.196. The fraction of sp³-hybridized carbons (Fsp3) is 0.286. The Balaban J connectivity index is 0.00000316. The van der Waals surface area contributed by atoms with Gasteiger partial charge in [-0.1, -0.05) is 67.9 Å². The molecule has 0 saturated heterocycles. The number of ether oxygens (including phenoxy) is 2. The number of carbonyl (C=O) groups is 2. The SMILES string of the molecule is C=C/C(C=O)=C(\C=C/C)C(=O)NCC(Cc1cc(F)cc(-c2c(Cl)cccc2Cl)c1OC)OC.CC. The van der Waals surface area contributed by atoms with Crippen molar-refractivity contribution in [2.24, 2.45) is 0 Å². The Morgan fingerprint density at radius 1 is 1.19 bits per heavy atom. The van der Waals surface area contributed by atoms with Crippen LogP contribution in [-0.2, 0) is 20.7 Å². The summed E-state index contributed by atoms with van der Waals surface area (Å²) in [6.07, 6.45) is 4.75. The molecule has 2 rings (SSSR count). The van der Waals surface area contributed by atoms with Gasteiger partial charge in [0.05, 0.1) is 23.3 Å². The summed E-state index contributed by atoms with van der Waals surface area (Å²) in [7, 11) is 2.96. The molecule has 1 atom stereocenters. The van der Waals surface area contributed by atoms with Crippen molar-refractivity contribution >= 4 is 35.4 Å². The van der Waals surface area contributed by atoms with Gasteiger partial charge < -0.3 is 14.8 Å². The minimum absolute atomic E-state index is 0.0987. The molecule has 0 heterocycles. The van der Waals surface area contributed by atoms with Gasteiger partial charge in [-0.25, -0.2) is 4.39 Å². The molecule has 0 saturated carbocycles. The molecule has 8 heteroatoms. The molecule has 5 nitrogen and oxygen atoms in total. The first-order chi connectivity index (χ1) is 17.3. The molecule has 194 valence electrons. The number of carbonyl (C=O) groups excluding carboxylic acids is 2. The lowest BCUT2D eigenvalue weighted by atomic mass is 9.97. The molecule has 1 amide bonds. The molecule has 1 N–H and O–H groups in total. The van der Waals surface area contributed by atoms with Crippen LogP contribution in [0.15, 0.2) is 66.3 Å². The molecule has 0 aromatic heterocycles. The zero-order chi connectivity index (χ0) is 27.3. The van der Waals surface area contributed by atoms with Crippen LogP contribution in [0.5, 0.6) is 5.75 Å². The fourth-order valence-corrected chi connectivity index (χ4v) is 4.06. The van der Waals surface area contributed by atoms with E-state index in [9.17, 15) is 14.0 Å². The topological polar surface area (TPSA) is 64.6 Å². The summed E-state index contributed by atoms with van der Waals surface area (Å²) in [5.74, 6) is -0.563. The number of aldehydes is 1. The van der Waals surface area contributed by atoms with Gasteiger partial charge in [0.1, 0.15) is 11.6 Å². The van der Waals surface area contributed by atoms with Gasteiger partial charge in [-0.3, -0.25) is 9.59 Å². The maximum absolute atomic E-state index is 14.6. The monoisotopic (exact) mass is 535 g/mol. The summed E-state index contributed by atoms with van der Waals surface area (Å²) < 4.78 is 25.7. The van der Waals surface area contributed by atoms with Crippen molar-refractivity contribution in [3.05, 3.63) is 87.7 Å². The maximum atomic E-state index is 14.6. The highest BCUT2D eigenvalue weighted by Gasteiger charge is 2.21. The third-order valence-corrected chi connectivity index (χ3v) is 5.70. The zero-order valence-electron chi connectivity index (χ0n) is 21.2. The largest absolute Gasteiger partial charge is 0.496 e. The molecule has 1 unspecified atom stereocenters. The van der Waals surface area contributed by atoms with Crippen LogP contribution in [-0.4, -0.2) is 39.1 Å². The normalized spacial score (nSPS) is 12.2. The number of benzene rings is 2. The maximum Gasteiger partial charge on any atom is 0.252 e. The molecule has 0 aliphatic rings. The number of halogens is 3. The van der Waals surface area contributed by atoms with Crippen molar-refractivity contribution in [3.8, 4) is 16.9 Å². The molecule has 0 aliphatic carbocycles. The number of hydrogen-bond acceptors (Lipinski definition) is 4. The first kappa shape index (κ1) is 31.1. The number of hydrogen-bond donors (Lipinski definition) is 1. The Labute approximate surface area is 222 Å². The van der Waals surface area contributed by atoms with E-state index >= 15 is 0 Å². The minimum atomic E-state index is -0.524. The van der Waals surface area contributed by atoms with Gasteiger partial charge in [0, 0.05) is 47.9 Å². The summed E-state index contributed by atoms with van der Waals surface area (Å²) in [5, 5.41) is 3.46. The third-order valence-electron chi connectivity index (χ3n) is 5.07. The molecule has 2 aromatic carbocycles. The van der Waals surface area contributed by atoms with Crippen molar-refractivity contribution in [2.45, 2.75) is 33.3 Å². The van der Waals surface area contributed by atoms with Crippen LogP contribution in [0.2, 0.25) is 10.0 Å². The van der Waals surface area contributed by atoms with Crippen LogP contribution in [0.3, 0.4) is 0 Å². The number of nitrogens with one attached hydrogen (secondary N) is 1. The Kier molecular flexibility index (Phi) is 13.8. The molecular weight excluding hydrogens is 504 g/mol. The summed E-state index contributed by atoms with van der Waals surface area (Å²) in [4.78, 5) is 23.9. The number of methoxy groups -OCH3 is 2. The highest BCUT2D eigenvalue weighted by Crippen LogP contribution is 2.42. The predicted octanol–water partition coefficient (Wildman–Crippen LogP) is 6.77. The van der Waals surface area contributed by atoms with Crippen LogP contribution in [0.25, 0.3) is 11.1 Å². The van der Waals surface area contributed by atoms with E-state index in [1.54, 1.807) is 31.2 Å². The molecule has 0 radical (unpaired) electrons. The number of allylic oxidation sites excluding steroid dienone is 3. The molecule has 36 heavy (non-hydrogen) atoms. The fourth-order valence-electron chi connectivity index (χ4n) is 3.46. The average molecular weight is 536 g/mol. The lowest BCUT2D eigenvalue weighted by molar-refractivity contribution is -0.118. The van der Waals surface area contributed by atoms with Gasteiger partial charge in [0.25, 0.3) is 5.91 Å². The van der Waals surface area contributed by atoms with Crippen LogP contribution in [0, 0.1) is 5.82 Å². The van der Waals surface area contributed by atoms with E-state index in [2.05, 4.69) is 11.9 Å². The van der Waals surface area contributed by atoms with E-state index in [1.807, 2.05) is 13.8 Å². The van der Waals surface area contributed by atoms with E-state index in [-0.39, 0.29) is 24.1 Å². The molecule has 0 spiro atoms. The highest BCUT2D eigenvalue weighted by molar-refractivity contribution is 6.39. The second kappa shape index (κ2) is 15.9. The van der Waals surface area contributed by atoms with Crippen molar-refractivity contribution < 1.29 is 23.5 Å². The van der Waals surface area contributed by atoms with E-state index in [1.165, 1.54) is 38.5 Å². The summed E-state index contributed by atoms with van der Waals surface area (Å²) in [6, 6.07) is 7.67. The smallest absolute Gasteiger partial charge is 0.252 e. The molecule has 0 fully saturated rings. The van der Waals surface area contributed by atoms with Crippen molar-refractivity contribution in [1.82, 2.24) is 5.32 Å². The number of amides is 1. The number of rotatable bonds is 11. The predicted molar refractivity (Wildman–Crippen MR) is 145 cm³/mol. The summed E-state index contributed by atoms with van der Waals surface area (Å²) >= 11 is 12.7. The summed E-state index contributed by atoms with van der Waals surface area (Å²) in [5.41, 5.74) is 1.72. The second-order valence-electron chi connectivity index (χ2n) is 7.21. The van der Waals surface area contributed by atoms with Crippen LogP contribution in [0.1, 0.15) is 26.3 Å². The first-order valence-corrected chi connectivity index (χ1v) is 12.1. The Bertz CT molecular complexity index is 1100. The van der Waals surface area contributed by atoms with Gasteiger partial charge >= 0.3 is 0 Å². The van der Waals surface area contributed by atoms with Gasteiger partial charge in [0.15, 0.2) is 6.29 Å². The van der Waals surface area contributed by atoms with E-state index < -0.39 is 17.8 Å².